The smallest absolute Gasteiger partial charge is 0.179 e. The Bertz CT molecular complexity index is 257. The van der Waals surface area contributed by atoms with Crippen molar-refractivity contribution in [3.63, 3.8) is 0 Å². The first kappa shape index (κ1) is 16.1. The Labute approximate surface area is 106 Å². The van der Waals surface area contributed by atoms with E-state index in [0.717, 1.165) is 29.6 Å². The molecule has 0 N–H and O–H groups in total. The van der Waals surface area contributed by atoms with Crippen molar-refractivity contribution < 1.29 is 9.47 Å². The van der Waals surface area contributed by atoms with Gasteiger partial charge in [0.25, 0.3) is 0 Å². The molecule has 0 radical (unpaired) electrons. The molecule has 98 valence electrons. The molecular formula is C15H26O2. The van der Waals surface area contributed by atoms with Gasteiger partial charge in [-0.05, 0) is 46.1 Å². The molecule has 0 saturated heterocycles. The summed E-state index contributed by atoms with van der Waals surface area (Å²) in [6.45, 7) is 17.0. The molecule has 0 unspecified atom stereocenters. The van der Waals surface area contributed by atoms with Gasteiger partial charge in [-0.3, -0.25) is 0 Å². The Morgan fingerprint density at radius 3 is 1.71 bits per heavy atom. The maximum absolute atomic E-state index is 5.71. The lowest BCUT2D eigenvalue weighted by molar-refractivity contribution is -0.117. The van der Waals surface area contributed by atoms with Crippen molar-refractivity contribution in [1.82, 2.24) is 0 Å². The summed E-state index contributed by atoms with van der Waals surface area (Å²) in [5.41, 5.74) is 3.36. The Morgan fingerprint density at radius 1 is 1.00 bits per heavy atom. The molecular weight excluding hydrogens is 212 g/mol. The molecule has 2 heteroatoms. The Kier molecular flexibility index (Phi) is 8.73. The molecule has 0 aliphatic carbocycles. The molecule has 0 heterocycles. The predicted molar refractivity (Wildman–Crippen MR) is 74.0 cm³/mol. The van der Waals surface area contributed by atoms with Crippen LogP contribution in [0.15, 0.2) is 36.0 Å². The van der Waals surface area contributed by atoms with Crippen LogP contribution >= 0.6 is 0 Å². The number of allylic oxidation sites excluding steroid dienone is 1. The summed E-state index contributed by atoms with van der Waals surface area (Å²) >= 11 is 0. The van der Waals surface area contributed by atoms with Crippen molar-refractivity contribution in [2.24, 2.45) is 0 Å². The molecule has 0 aliphatic heterocycles. The molecule has 0 fully saturated rings. The normalized spacial score (nSPS) is 11.9. The molecule has 0 aromatic carbocycles. The highest BCUT2D eigenvalue weighted by Crippen LogP contribution is 2.11. The third-order valence-corrected chi connectivity index (χ3v) is 2.42. The third-order valence-electron chi connectivity index (χ3n) is 2.42. The highest BCUT2D eigenvalue weighted by Gasteiger charge is 2.10. The summed E-state index contributed by atoms with van der Waals surface area (Å²) < 4.78 is 11.4. The summed E-state index contributed by atoms with van der Waals surface area (Å²) in [6, 6.07) is 0. The molecule has 0 atom stereocenters. The van der Waals surface area contributed by atoms with Gasteiger partial charge in [-0.25, -0.2) is 0 Å². The van der Waals surface area contributed by atoms with Crippen molar-refractivity contribution in [2.75, 3.05) is 13.2 Å². The SMILES string of the molecule is C=C(C)CCOC(OCCC(=C)C)C(C)=CC. The lowest BCUT2D eigenvalue weighted by atomic mass is 10.2. The summed E-state index contributed by atoms with van der Waals surface area (Å²) in [6.07, 6.45) is 3.53. The van der Waals surface area contributed by atoms with Crippen LogP contribution in [0, 0.1) is 0 Å². The highest BCUT2D eigenvalue weighted by atomic mass is 16.7. The average Bonchev–Trinajstić information content (AvgIpc) is 2.25. The van der Waals surface area contributed by atoms with Crippen LogP contribution < -0.4 is 0 Å². The quantitative estimate of drug-likeness (QED) is 0.442. The van der Waals surface area contributed by atoms with E-state index in [0.29, 0.717) is 13.2 Å². The van der Waals surface area contributed by atoms with Gasteiger partial charge in [0.05, 0.1) is 13.2 Å². The van der Waals surface area contributed by atoms with Crippen molar-refractivity contribution in [2.45, 2.75) is 46.8 Å². The minimum Gasteiger partial charge on any atom is -0.348 e. The van der Waals surface area contributed by atoms with Crippen LogP contribution in [0.4, 0.5) is 0 Å². The van der Waals surface area contributed by atoms with Gasteiger partial charge < -0.3 is 9.47 Å². The second-order valence-corrected chi connectivity index (χ2v) is 4.52. The van der Waals surface area contributed by atoms with Crippen LogP contribution in [-0.4, -0.2) is 19.5 Å². The summed E-state index contributed by atoms with van der Waals surface area (Å²) in [4.78, 5) is 0. The molecule has 0 spiro atoms. The molecule has 0 saturated carbocycles. The van der Waals surface area contributed by atoms with Crippen LogP contribution in [0.3, 0.4) is 0 Å². The first-order valence-electron chi connectivity index (χ1n) is 6.12. The topological polar surface area (TPSA) is 18.5 Å². The predicted octanol–water partition coefficient (Wildman–Crippen LogP) is 4.24. The summed E-state index contributed by atoms with van der Waals surface area (Å²) in [5, 5.41) is 0. The van der Waals surface area contributed by atoms with Crippen LogP contribution in [0.25, 0.3) is 0 Å². The molecule has 0 amide bonds. The number of hydrogen-bond donors (Lipinski definition) is 0. The van der Waals surface area contributed by atoms with E-state index in [1.54, 1.807) is 0 Å². The number of ether oxygens (including phenoxy) is 2. The van der Waals surface area contributed by atoms with E-state index in [4.69, 9.17) is 9.47 Å². The first-order valence-corrected chi connectivity index (χ1v) is 6.12. The first-order chi connectivity index (χ1) is 7.97. The molecule has 17 heavy (non-hydrogen) atoms. The monoisotopic (exact) mass is 238 g/mol. The van der Waals surface area contributed by atoms with Gasteiger partial charge in [-0.15, -0.1) is 13.2 Å². The van der Waals surface area contributed by atoms with E-state index in [1.165, 1.54) is 0 Å². The molecule has 0 aliphatic rings. The zero-order chi connectivity index (χ0) is 13.3. The van der Waals surface area contributed by atoms with Crippen molar-refractivity contribution >= 4 is 0 Å². The number of hydrogen-bond acceptors (Lipinski definition) is 2. The minimum atomic E-state index is -0.237. The Hall–Kier alpha value is -0.860. The molecule has 0 aromatic rings. The van der Waals surface area contributed by atoms with Gasteiger partial charge in [0.1, 0.15) is 0 Å². The lowest BCUT2D eigenvalue weighted by Crippen LogP contribution is -2.20. The maximum Gasteiger partial charge on any atom is 0.179 e. The standard InChI is InChI=1S/C15H26O2/c1-7-14(6)15(16-10-8-12(2)3)17-11-9-13(4)5/h7,15H,2,4,8-11H2,1,3,5-6H3. The lowest BCUT2D eigenvalue weighted by Gasteiger charge is -2.19. The van der Waals surface area contributed by atoms with E-state index in [2.05, 4.69) is 13.2 Å². The number of rotatable bonds is 9. The van der Waals surface area contributed by atoms with Gasteiger partial charge in [0, 0.05) is 0 Å². The van der Waals surface area contributed by atoms with E-state index < -0.39 is 0 Å². The molecule has 0 rings (SSSR count). The van der Waals surface area contributed by atoms with Crippen LogP contribution in [0.5, 0.6) is 0 Å². The van der Waals surface area contributed by atoms with Gasteiger partial charge in [0.15, 0.2) is 6.29 Å². The van der Waals surface area contributed by atoms with Gasteiger partial charge >= 0.3 is 0 Å². The highest BCUT2D eigenvalue weighted by molar-refractivity contribution is 5.00. The fourth-order valence-electron chi connectivity index (χ4n) is 1.13. The second kappa shape index (κ2) is 9.20. The zero-order valence-corrected chi connectivity index (χ0v) is 11.7. The third kappa shape index (κ3) is 8.90. The van der Waals surface area contributed by atoms with E-state index >= 15 is 0 Å². The Morgan fingerprint density at radius 2 is 1.41 bits per heavy atom. The fourth-order valence-corrected chi connectivity index (χ4v) is 1.13. The van der Waals surface area contributed by atoms with E-state index in [1.807, 2.05) is 33.8 Å². The zero-order valence-electron chi connectivity index (χ0n) is 11.7. The van der Waals surface area contributed by atoms with Gasteiger partial charge in [0.2, 0.25) is 0 Å². The van der Waals surface area contributed by atoms with Crippen LogP contribution in [0.2, 0.25) is 0 Å². The molecule has 0 aromatic heterocycles. The van der Waals surface area contributed by atoms with Gasteiger partial charge in [-0.2, -0.15) is 0 Å². The van der Waals surface area contributed by atoms with Crippen LogP contribution in [0.1, 0.15) is 40.5 Å². The van der Waals surface area contributed by atoms with Crippen molar-refractivity contribution in [3.05, 3.63) is 36.0 Å². The van der Waals surface area contributed by atoms with Crippen molar-refractivity contribution in [1.29, 1.82) is 0 Å². The van der Waals surface area contributed by atoms with Gasteiger partial charge in [-0.1, -0.05) is 17.2 Å². The summed E-state index contributed by atoms with van der Waals surface area (Å²) in [5.74, 6) is 0. The fraction of sp³-hybridized carbons (Fsp3) is 0.600. The van der Waals surface area contributed by atoms with E-state index in [-0.39, 0.29) is 6.29 Å². The average molecular weight is 238 g/mol. The largest absolute Gasteiger partial charge is 0.348 e. The van der Waals surface area contributed by atoms with E-state index in [9.17, 15) is 0 Å². The van der Waals surface area contributed by atoms with Crippen molar-refractivity contribution in [3.8, 4) is 0 Å². The molecule has 2 nitrogen and oxygen atoms in total. The second-order valence-electron chi connectivity index (χ2n) is 4.52. The Balaban J connectivity index is 4.06. The minimum absolute atomic E-state index is 0.237. The molecule has 0 bridgehead atoms. The maximum atomic E-state index is 5.71. The summed E-state index contributed by atoms with van der Waals surface area (Å²) in [7, 11) is 0. The van der Waals surface area contributed by atoms with Crippen LogP contribution in [-0.2, 0) is 9.47 Å².